The van der Waals surface area contributed by atoms with E-state index in [1.807, 2.05) is 61.5 Å². The highest BCUT2D eigenvalue weighted by Gasteiger charge is 2.37. The van der Waals surface area contributed by atoms with Gasteiger partial charge in [0.25, 0.3) is 0 Å². The fourth-order valence-electron chi connectivity index (χ4n) is 4.34. The summed E-state index contributed by atoms with van der Waals surface area (Å²) in [5, 5.41) is 8.43. The van der Waals surface area contributed by atoms with Crippen molar-refractivity contribution in [3.8, 4) is 0 Å². The summed E-state index contributed by atoms with van der Waals surface area (Å²) < 4.78 is 0. The minimum absolute atomic E-state index is 0.0942. The third-order valence-electron chi connectivity index (χ3n) is 6.44. The van der Waals surface area contributed by atoms with E-state index < -0.39 is 24.0 Å². The van der Waals surface area contributed by atoms with E-state index >= 15 is 0 Å². The summed E-state index contributed by atoms with van der Waals surface area (Å²) in [6.07, 6.45) is 2.17. The summed E-state index contributed by atoms with van der Waals surface area (Å²) in [7, 11) is 0. The number of nitrogens with one attached hydrogen (secondary N) is 3. The van der Waals surface area contributed by atoms with Crippen molar-refractivity contribution in [1.82, 2.24) is 15.5 Å². The van der Waals surface area contributed by atoms with Gasteiger partial charge in [0, 0.05) is 31.6 Å². The van der Waals surface area contributed by atoms with E-state index in [4.69, 9.17) is 11.5 Å². The first-order chi connectivity index (χ1) is 17.7. The lowest BCUT2D eigenvalue weighted by Crippen LogP contribution is -2.49. The number of benzene rings is 2. The number of hydrogen-bond acceptors (Lipinski definition) is 5. The number of likely N-dealkylation sites (tertiary alicyclic amines) is 1. The quantitative estimate of drug-likeness (QED) is 0.274. The fourth-order valence-corrected chi connectivity index (χ4v) is 4.34. The zero-order valence-corrected chi connectivity index (χ0v) is 21.1. The predicted molar refractivity (Wildman–Crippen MR) is 141 cm³/mol. The number of rotatable bonds is 12. The highest BCUT2D eigenvalue weighted by Crippen LogP contribution is 2.18. The first-order valence-electron chi connectivity index (χ1n) is 12.5. The molecule has 1 heterocycles. The Balaban J connectivity index is 1.37. The SMILES string of the molecule is Cc1ccccc1NC(=O)NCCCC[C@H](N)C(=O)N[C@@H]1CC(=O)N([C@@H](Cc2ccccc2)C(N)=O)C1. The number of hydrogen-bond donors (Lipinski definition) is 5. The Labute approximate surface area is 217 Å². The van der Waals surface area contributed by atoms with E-state index in [-0.39, 0.29) is 30.8 Å². The number of urea groups is 1. The molecule has 10 nitrogen and oxygen atoms in total. The minimum Gasteiger partial charge on any atom is -0.368 e. The maximum atomic E-state index is 12.6. The normalized spacial score (nSPS) is 16.6. The van der Waals surface area contributed by atoms with E-state index in [2.05, 4.69) is 16.0 Å². The molecule has 1 saturated heterocycles. The summed E-state index contributed by atoms with van der Waals surface area (Å²) in [6, 6.07) is 14.6. The molecule has 7 N–H and O–H groups in total. The van der Waals surface area contributed by atoms with Crippen LogP contribution in [0.25, 0.3) is 0 Å². The van der Waals surface area contributed by atoms with Crippen molar-refractivity contribution in [1.29, 1.82) is 0 Å². The number of primary amides is 1. The van der Waals surface area contributed by atoms with Crippen molar-refractivity contribution in [2.75, 3.05) is 18.4 Å². The number of aryl methyl sites for hydroxylation is 1. The lowest BCUT2D eigenvalue weighted by Gasteiger charge is -2.26. The lowest BCUT2D eigenvalue weighted by molar-refractivity contribution is -0.136. The molecule has 0 aromatic heterocycles. The smallest absolute Gasteiger partial charge is 0.319 e. The van der Waals surface area contributed by atoms with Crippen LogP contribution in [-0.4, -0.2) is 59.9 Å². The van der Waals surface area contributed by atoms with Crippen molar-refractivity contribution in [2.24, 2.45) is 11.5 Å². The first-order valence-corrected chi connectivity index (χ1v) is 12.5. The largest absolute Gasteiger partial charge is 0.368 e. The Morgan fingerprint density at radius 2 is 1.76 bits per heavy atom. The van der Waals surface area contributed by atoms with E-state index in [0.29, 0.717) is 32.2 Å². The maximum absolute atomic E-state index is 12.6. The summed E-state index contributed by atoms with van der Waals surface area (Å²) in [4.78, 5) is 50.7. The number of nitrogens with zero attached hydrogens (tertiary/aromatic N) is 1. The molecule has 10 heteroatoms. The standard InChI is InChI=1S/C27H36N6O4/c1-18-9-5-6-13-22(18)32-27(37)30-14-8-7-12-21(28)26(36)31-20-16-24(34)33(17-20)23(25(29)35)15-19-10-3-2-4-11-19/h2-6,9-11,13,20-21,23H,7-8,12,14-17,28H2,1H3,(H2,29,35)(H,31,36)(H2,30,32,37)/t20-,21+,23+/m1/s1. The topological polar surface area (TPSA) is 160 Å². The zero-order valence-electron chi connectivity index (χ0n) is 21.1. The molecular formula is C27H36N6O4. The van der Waals surface area contributed by atoms with E-state index in [0.717, 1.165) is 16.8 Å². The molecule has 0 aliphatic carbocycles. The number of unbranched alkanes of at least 4 members (excludes halogenated alkanes) is 1. The van der Waals surface area contributed by atoms with E-state index in [1.165, 1.54) is 4.90 Å². The monoisotopic (exact) mass is 508 g/mol. The fraction of sp³-hybridized carbons (Fsp3) is 0.407. The molecule has 2 aromatic rings. The Kier molecular flexibility index (Phi) is 10.0. The average Bonchev–Trinajstić information content (AvgIpc) is 3.23. The third-order valence-corrected chi connectivity index (χ3v) is 6.44. The van der Waals surface area contributed by atoms with Crippen LogP contribution in [-0.2, 0) is 20.8 Å². The van der Waals surface area contributed by atoms with Crippen molar-refractivity contribution in [2.45, 2.75) is 57.2 Å². The van der Waals surface area contributed by atoms with Gasteiger partial charge in [-0.05, 0) is 43.4 Å². The number of carbonyl (C=O) groups excluding carboxylic acids is 4. The maximum Gasteiger partial charge on any atom is 0.319 e. The van der Waals surface area contributed by atoms with Crippen LogP contribution in [0.15, 0.2) is 54.6 Å². The molecule has 37 heavy (non-hydrogen) atoms. The molecule has 3 atom stereocenters. The molecule has 0 unspecified atom stereocenters. The Hall–Kier alpha value is -3.92. The van der Waals surface area contributed by atoms with Crippen LogP contribution in [0, 0.1) is 6.92 Å². The second-order valence-electron chi connectivity index (χ2n) is 9.36. The van der Waals surface area contributed by atoms with Gasteiger partial charge in [-0.1, -0.05) is 48.5 Å². The first kappa shape index (κ1) is 27.7. The van der Waals surface area contributed by atoms with Gasteiger partial charge in [0.15, 0.2) is 0 Å². The van der Waals surface area contributed by atoms with Crippen LogP contribution in [0.1, 0.15) is 36.8 Å². The molecule has 0 bridgehead atoms. The average molecular weight is 509 g/mol. The summed E-state index contributed by atoms with van der Waals surface area (Å²) in [5.74, 6) is -1.15. The van der Waals surface area contributed by atoms with Crippen LogP contribution < -0.4 is 27.4 Å². The molecule has 198 valence electrons. The molecule has 0 radical (unpaired) electrons. The second kappa shape index (κ2) is 13.4. The lowest BCUT2D eigenvalue weighted by atomic mass is 10.0. The van der Waals surface area contributed by atoms with Crippen LogP contribution >= 0.6 is 0 Å². The Bertz CT molecular complexity index is 1090. The Morgan fingerprint density at radius 3 is 2.46 bits per heavy atom. The molecule has 1 aliphatic rings. The van der Waals surface area contributed by atoms with Gasteiger partial charge in [-0.2, -0.15) is 0 Å². The highest BCUT2D eigenvalue weighted by molar-refractivity contribution is 5.90. The summed E-state index contributed by atoms with van der Waals surface area (Å²) in [5.41, 5.74) is 14.3. The van der Waals surface area contributed by atoms with Crippen LogP contribution in [0.5, 0.6) is 0 Å². The predicted octanol–water partition coefficient (Wildman–Crippen LogP) is 1.43. The molecule has 0 spiro atoms. The summed E-state index contributed by atoms with van der Waals surface area (Å²) >= 11 is 0. The number of para-hydroxylation sites is 1. The van der Waals surface area contributed by atoms with Gasteiger partial charge in [0.1, 0.15) is 6.04 Å². The van der Waals surface area contributed by atoms with Gasteiger partial charge < -0.3 is 32.3 Å². The van der Waals surface area contributed by atoms with E-state index in [9.17, 15) is 19.2 Å². The minimum atomic E-state index is -0.777. The number of carbonyl (C=O) groups is 4. The van der Waals surface area contributed by atoms with Crippen molar-refractivity contribution < 1.29 is 19.2 Å². The van der Waals surface area contributed by atoms with Crippen LogP contribution in [0.4, 0.5) is 10.5 Å². The van der Waals surface area contributed by atoms with Crippen molar-refractivity contribution in [3.63, 3.8) is 0 Å². The van der Waals surface area contributed by atoms with Crippen LogP contribution in [0.3, 0.4) is 0 Å². The van der Waals surface area contributed by atoms with E-state index in [1.54, 1.807) is 0 Å². The molecule has 3 rings (SSSR count). The molecule has 0 saturated carbocycles. The van der Waals surface area contributed by atoms with Crippen molar-refractivity contribution in [3.05, 3.63) is 65.7 Å². The van der Waals surface area contributed by atoms with Gasteiger partial charge in [0.2, 0.25) is 17.7 Å². The third kappa shape index (κ3) is 8.32. The molecule has 1 fully saturated rings. The van der Waals surface area contributed by atoms with Crippen LogP contribution in [0.2, 0.25) is 0 Å². The van der Waals surface area contributed by atoms with Crippen molar-refractivity contribution >= 4 is 29.4 Å². The zero-order chi connectivity index (χ0) is 26.8. The number of nitrogens with two attached hydrogens (primary N) is 2. The van der Waals surface area contributed by atoms with Gasteiger partial charge in [0.05, 0.1) is 12.1 Å². The molecule has 2 aromatic carbocycles. The van der Waals surface area contributed by atoms with Gasteiger partial charge in [-0.15, -0.1) is 0 Å². The van der Waals surface area contributed by atoms with Gasteiger partial charge in [-0.3, -0.25) is 14.4 Å². The molecule has 5 amide bonds. The van der Waals surface area contributed by atoms with Gasteiger partial charge >= 0.3 is 6.03 Å². The number of amides is 5. The molecular weight excluding hydrogens is 472 g/mol. The number of anilines is 1. The highest BCUT2D eigenvalue weighted by atomic mass is 16.2. The molecule has 1 aliphatic heterocycles. The second-order valence-corrected chi connectivity index (χ2v) is 9.36. The van der Waals surface area contributed by atoms with Gasteiger partial charge in [-0.25, -0.2) is 4.79 Å². The summed E-state index contributed by atoms with van der Waals surface area (Å²) in [6.45, 7) is 2.58. The Morgan fingerprint density at radius 1 is 1.05 bits per heavy atom.